The Morgan fingerprint density at radius 2 is 1.69 bits per heavy atom. The standard InChI is InChI=1S/C21H25N3O2/c25-20(22-14-13-17-8-3-1-4-9-17)18-10-7-15-24(16-18)21(26)23-19-11-5-2-6-12-19/h1-6,8-9,11-12,18H,7,10,13-16H2,(H,22,25)(H,23,26)/t18-/m0/s1. The summed E-state index contributed by atoms with van der Waals surface area (Å²) < 4.78 is 0. The van der Waals surface area contributed by atoms with Gasteiger partial charge in [-0.25, -0.2) is 4.79 Å². The fourth-order valence-corrected chi connectivity index (χ4v) is 3.22. The summed E-state index contributed by atoms with van der Waals surface area (Å²) in [5.74, 6) is -0.0980. The molecule has 2 aromatic carbocycles. The largest absolute Gasteiger partial charge is 0.355 e. The quantitative estimate of drug-likeness (QED) is 0.868. The van der Waals surface area contributed by atoms with Crippen molar-refractivity contribution >= 4 is 17.6 Å². The topological polar surface area (TPSA) is 61.4 Å². The molecule has 1 atom stereocenters. The summed E-state index contributed by atoms with van der Waals surface area (Å²) in [4.78, 5) is 26.6. The second-order valence-corrected chi connectivity index (χ2v) is 6.61. The molecule has 1 heterocycles. The maximum Gasteiger partial charge on any atom is 0.321 e. The predicted molar refractivity (Wildman–Crippen MR) is 103 cm³/mol. The maximum absolute atomic E-state index is 12.4. The second kappa shape index (κ2) is 9.04. The van der Waals surface area contributed by atoms with Crippen LogP contribution in [0.25, 0.3) is 0 Å². The minimum Gasteiger partial charge on any atom is -0.355 e. The highest BCUT2D eigenvalue weighted by Crippen LogP contribution is 2.18. The number of amides is 3. The first kappa shape index (κ1) is 18.0. The van der Waals surface area contributed by atoms with Crippen molar-refractivity contribution in [2.75, 3.05) is 25.0 Å². The summed E-state index contributed by atoms with van der Waals surface area (Å²) in [5, 5.41) is 5.90. The van der Waals surface area contributed by atoms with Crippen LogP contribution in [0.5, 0.6) is 0 Å². The number of urea groups is 1. The normalized spacial score (nSPS) is 16.8. The number of para-hydroxylation sites is 1. The molecule has 1 aliphatic heterocycles. The summed E-state index contributed by atoms with van der Waals surface area (Å²) in [7, 11) is 0. The predicted octanol–water partition coefficient (Wildman–Crippen LogP) is 3.29. The van der Waals surface area contributed by atoms with Crippen molar-refractivity contribution in [3.05, 3.63) is 66.2 Å². The molecule has 0 radical (unpaired) electrons. The molecule has 0 unspecified atom stereocenters. The van der Waals surface area contributed by atoms with Crippen molar-refractivity contribution in [3.8, 4) is 0 Å². The maximum atomic E-state index is 12.4. The molecular formula is C21H25N3O2. The number of nitrogens with one attached hydrogen (secondary N) is 2. The van der Waals surface area contributed by atoms with E-state index in [0.717, 1.165) is 24.9 Å². The highest BCUT2D eigenvalue weighted by Gasteiger charge is 2.28. The van der Waals surface area contributed by atoms with Gasteiger partial charge in [0.1, 0.15) is 0 Å². The first-order valence-corrected chi connectivity index (χ1v) is 9.15. The molecule has 2 N–H and O–H groups in total. The molecule has 0 aromatic heterocycles. The average Bonchev–Trinajstić information content (AvgIpc) is 2.69. The number of hydrogen-bond acceptors (Lipinski definition) is 2. The van der Waals surface area contributed by atoms with E-state index in [9.17, 15) is 9.59 Å². The number of benzene rings is 2. The monoisotopic (exact) mass is 351 g/mol. The van der Waals surface area contributed by atoms with Gasteiger partial charge in [-0.15, -0.1) is 0 Å². The highest BCUT2D eigenvalue weighted by atomic mass is 16.2. The molecule has 0 spiro atoms. The smallest absolute Gasteiger partial charge is 0.321 e. The Labute approximate surface area is 154 Å². The van der Waals surface area contributed by atoms with E-state index < -0.39 is 0 Å². The van der Waals surface area contributed by atoms with Crippen molar-refractivity contribution in [3.63, 3.8) is 0 Å². The lowest BCUT2D eigenvalue weighted by atomic mass is 9.97. The molecule has 1 saturated heterocycles. The van der Waals surface area contributed by atoms with E-state index in [4.69, 9.17) is 0 Å². The van der Waals surface area contributed by atoms with E-state index in [-0.39, 0.29) is 17.9 Å². The second-order valence-electron chi connectivity index (χ2n) is 6.61. The summed E-state index contributed by atoms with van der Waals surface area (Å²) in [6, 6.07) is 19.4. The van der Waals surface area contributed by atoms with Crippen molar-refractivity contribution in [2.45, 2.75) is 19.3 Å². The van der Waals surface area contributed by atoms with E-state index in [2.05, 4.69) is 22.8 Å². The third-order valence-electron chi connectivity index (χ3n) is 4.66. The Morgan fingerprint density at radius 1 is 1.00 bits per heavy atom. The van der Waals surface area contributed by atoms with E-state index in [0.29, 0.717) is 19.6 Å². The van der Waals surface area contributed by atoms with Crippen LogP contribution < -0.4 is 10.6 Å². The van der Waals surface area contributed by atoms with E-state index in [1.165, 1.54) is 5.56 Å². The molecular weight excluding hydrogens is 326 g/mol. The number of carbonyl (C=O) groups excluding carboxylic acids is 2. The van der Waals surface area contributed by atoms with Gasteiger partial charge in [-0.3, -0.25) is 4.79 Å². The lowest BCUT2D eigenvalue weighted by Crippen LogP contribution is -2.47. The van der Waals surface area contributed by atoms with Crippen LogP contribution in [-0.2, 0) is 11.2 Å². The van der Waals surface area contributed by atoms with Gasteiger partial charge < -0.3 is 15.5 Å². The van der Waals surface area contributed by atoms with Gasteiger partial charge in [-0.1, -0.05) is 48.5 Å². The fourth-order valence-electron chi connectivity index (χ4n) is 3.22. The highest BCUT2D eigenvalue weighted by molar-refractivity contribution is 5.90. The number of likely N-dealkylation sites (tertiary alicyclic amines) is 1. The van der Waals surface area contributed by atoms with Crippen molar-refractivity contribution < 1.29 is 9.59 Å². The van der Waals surface area contributed by atoms with Crippen LogP contribution in [0.3, 0.4) is 0 Å². The number of hydrogen-bond donors (Lipinski definition) is 2. The first-order chi connectivity index (χ1) is 12.7. The molecule has 3 amide bonds. The lowest BCUT2D eigenvalue weighted by Gasteiger charge is -2.32. The van der Waals surface area contributed by atoms with Crippen molar-refractivity contribution in [2.24, 2.45) is 5.92 Å². The summed E-state index contributed by atoms with van der Waals surface area (Å²) in [5.41, 5.74) is 1.98. The van der Waals surface area contributed by atoms with Crippen molar-refractivity contribution in [1.82, 2.24) is 10.2 Å². The summed E-state index contributed by atoms with van der Waals surface area (Å²) >= 11 is 0. The third kappa shape index (κ3) is 5.09. The molecule has 0 saturated carbocycles. The van der Waals surface area contributed by atoms with E-state index in [1.807, 2.05) is 48.5 Å². The molecule has 0 bridgehead atoms. The molecule has 2 aromatic rings. The summed E-state index contributed by atoms with van der Waals surface area (Å²) in [6.45, 7) is 1.78. The average molecular weight is 351 g/mol. The molecule has 0 aliphatic carbocycles. The van der Waals surface area contributed by atoms with Crippen LogP contribution in [0.1, 0.15) is 18.4 Å². The Balaban J connectivity index is 1.46. The van der Waals surface area contributed by atoms with Gasteiger partial charge in [0.25, 0.3) is 0 Å². The Morgan fingerprint density at radius 3 is 2.42 bits per heavy atom. The number of piperidine rings is 1. The number of nitrogens with zero attached hydrogens (tertiary/aromatic N) is 1. The Kier molecular flexibility index (Phi) is 6.25. The van der Waals surface area contributed by atoms with Gasteiger partial charge in [0.15, 0.2) is 0 Å². The lowest BCUT2D eigenvalue weighted by molar-refractivity contribution is -0.126. The Bertz CT molecular complexity index is 719. The molecule has 26 heavy (non-hydrogen) atoms. The van der Waals surface area contributed by atoms with Crippen LogP contribution in [0.4, 0.5) is 10.5 Å². The minimum atomic E-state index is -0.141. The minimum absolute atomic E-state index is 0.0399. The van der Waals surface area contributed by atoms with Crippen LogP contribution in [0.2, 0.25) is 0 Å². The number of anilines is 1. The van der Waals surface area contributed by atoms with E-state index >= 15 is 0 Å². The van der Waals surface area contributed by atoms with E-state index in [1.54, 1.807) is 4.90 Å². The van der Waals surface area contributed by atoms with Gasteiger partial charge in [-0.05, 0) is 37.0 Å². The van der Waals surface area contributed by atoms with Gasteiger partial charge in [0.05, 0.1) is 5.92 Å². The molecule has 1 aliphatic rings. The molecule has 3 rings (SSSR count). The zero-order chi connectivity index (χ0) is 18.2. The van der Waals surface area contributed by atoms with Gasteiger partial charge in [-0.2, -0.15) is 0 Å². The summed E-state index contributed by atoms with van der Waals surface area (Å²) in [6.07, 6.45) is 2.49. The zero-order valence-electron chi connectivity index (χ0n) is 14.9. The SMILES string of the molecule is O=C(NCCc1ccccc1)[C@H]1CCCN(C(=O)Nc2ccccc2)C1. The zero-order valence-corrected chi connectivity index (χ0v) is 14.9. The molecule has 1 fully saturated rings. The van der Waals surface area contributed by atoms with Gasteiger partial charge >= 0.3 is 6.03 Å². The Hall–Kier alpha value is -2.82. The molecule has 5 nitrogen and oxygen atoms in total. The number of rotatable bonds is 5. The number of carbonyl (C=O) groups is 2. The van der Waals surface area contributed by atoms with Crippen LogP contribution in [0.15, 0.2) is 60.7 Å². The third-order valence-corrected chi connectivity index (χ3v) is 4.66. The van der Waals surface area contributed by atoms with Gasteiger partial charge in [0.2, 0.25) is 5.91 Å². The van der Waals surface area contributed by atoms with Crippen LogP contribution in [0, 0.1) is 5.92 Å². The van der Waals surface area contributed by atoms with Crippen LogP contribution in [-0.4, -0.2) is 36.5 Å². The first-order valence-electron chi connectivity index (χ1n) is 9.15. The fraction of sp³-hybridized carbons (Fsp3) is 0.333. The molecule has 5 heteroatoms. The van der Waals surface area contributed by atoms with Crippen LogP contribution >= 0.6 is 0 Å². The van der Waals surface area contributed by atoms with Gasteiger partial charge in [0, 0.05) is 25.3 Å². The van der Waals surface area contributed by atoms with Crippen molar-refractivity contribution in [1.29, 1.82) is 0 Å². The molecule has 136 valence electrons.